The highest BCUT2D eigenvalue weighted by molar-refractivity contribution is 5.99. The molecule has 4 aromatic rings. The van der Waals surface area contributed by atoms with Gasteiger partial charge in [-0.25, -0.2) is 16.2 Å². The number of H-pyrrole nitrogens is 1. The number of piperidine rings is 1. The molecule has 34 heavy (non-hydrogen) atoms. The third-order valence-electron chi connectivity index (χ3n) is 6.85. The Kier molecular flexibility index (Phi) is 4.91. The second kappa shape index (κ2) is 8.23. The first kappa shape index (κ1) is 20.3. The number of aliphatic imine (C=N–C) groups is 1. The SMILES string of the molecule is [C-]#[N+]C1C(C2CCN(C(=O)c3ccccc3)CC2)=Nc2[nH]ncc2C1c1cccc2nonc12. The van der Waals surface area contributed by atoms with Gasteiger partial charge in [-0.1, -0.05) is 30.3 Å². The molecule has 2 unspecified atom stereocenters. The van der Waals surface area contributed by atoms with Gasteiger partial charge in [0.1, 0.15) is 16.7 Å². The minimum Gasteiger partial charge on any atom is -0.339 e. The first-order chi connectivity index (χ1) is 16.7. The van der Waals surface area contributed by atoms with Gasteiger partial charge in [0.2, 0.25) is 0 Å². The Labute approximate surface area is 195 Å². The van der Waals surface area contributed by atoms with Crippen molar-refractivity contribution in [3.63, 3.8) is 0 Å². The summed E-state index contributed by atoms with van der Waals surface area (Å²) in [7, 11) is 0. The molecule has 2 aromatic carbocycles. The fourth-order valence-corrected chi connectivity index (χ4v) is 5.17. The van der Waals surface area contributed by atoms with Gasteiger partial charge in [0, 0.05) is 30.1 Å². The number of amides is 1. The van der Waals surface area contributed by atoms with E-state index in [1.807, 2.05) is 53.4 Å². The van der Waals surface area contributed by atoms with Crippen molar-refractivity contribution >= 4 is 28.5 Å². The van der Waals surface area contributed by atoms with Crippen molar-refractivity contribution in [3.8, 4) is 0 Å². The molecule has 1 amide bonds. The van der Waals surface area contributed by atoms with Crippen molar-refractivity contribution < 1.29 is 9.42 Å². The van der Waals surface area contributed by atoms with Crippen molar-refractivity contribution in [2.45, 2.75) is 24.8 Å². The van der Waals surface area contributed by atoms with E-state index in [9.17, 15) is 4.79 Å². The van der Waals surface area contributed by atoms with Gasteiger partial charge in [0.05, 0.1) is 12.1 Å². The molecule has 2 aliphatic heterocycles. The van der Waals surface area contributed by atoms with Crippen LogP contribution >= 0.6 is 0 Å². The molecule has 0 aliphatic carbocycles. The monoisotopic (exact) mass is 451 g/mol. The van der Waals surface area contributed by atoms with E-state index in [0.717, 1.165) is 29.7 Å². The molecule has 0 saturated carbocycles. The number of hydrogen-bond acceptors (Lipinski definition) is 6. The Bertz CT molecular complexity index is 1420. The Hall–Kier alpha value is -4.32. The summed E-state index contributed by atoms with van der Waals surface area (Å²) < 4.78 is 4.98. The topological polar surface area (TPSA) is 105 Å². The highest BCUT2D eigenvalue weighted by Crippen LogP contribution is 2.43. The molecule has 1 N–H and O–H groups in total. The molecular formula is C25H21N7O2. The summed E-state index contributed by atoms with van der Waals surface area (Å²) in [5.74, 6) is 0.548. The molecule has 2 aliphatic rings. The zero-order valence-corrected chi connectivity index (χ0v) is 18.3. The maximum atomic E-state index is 12.9. The van der Waals surface area contributed by atoms with Gasteiger partial charge in [-0.3, -0.25) is 9.89 Å². The number of carbonyl (C=O) groups is 1. The van der Waals surface area contributed by atoms with E-state index in [1.54, 1.807) is 6.20 Å². The summed E-state index contributed by atoms with van der Waals surface area (Å²) in [6.07, 6.45) is 3.26. The fraction of sp³-hybridized carbons (Fsp3) is 0.280. The highest BCUT2D eigenvalue weighted by Gasteiger charge is 2.45. The Balaban J connectivity index is 1.31. The summed E-state index contributed by atoms with van der Waals surface area (Å²) in [5, 5.41) is 15.3. The molecule has 4 heterocycles. The molecule has 0 bridgehead atoms. The smallest absolute Gasteiger partial charge is 0.272 e. The lowest BCUT2D eigenvalue weighted by Crippen LogP contribution is -2.43. The van der Waals surface area contributed by atoms with Crippen molar-refractivity contribution in [1.29, 1.82) is 0 Å². The zero-order chi connectivity index (χ0) is 23.1. The zero-order valence-electron chi connectivity index (χ0n) is 18.3. The number of nitrogens with zero attached hydrogens (tertiary/aromatic N) is 6. The van der Waals surface area contributed by atoms with Crippen LogP contribution in [0.1, 0.15) is 40.2 Å². The van der Waals surface area contributed by atoms with Gasteiger partial charge >= 0.3 is 0 Å². The number of likely N-dealkylation sites (tertiary alicyclic amines) is 1. The Morgan fingerprint density at radius 1 is 1.06 bits per heavy atom. The van der Waals surface area contributed by atoms with E-state index in [-0.39, 0.29) is 17.7 Å². The summed E-state index contributed by atoms with van der Waals surface area (Å²) in [6, 6.07) is 14.6. The molecule has 1 saturated heterocycles. The number of aromatic amines is 1. The highest BCUT2D eigenvalue weighted by atomic mass is 16.6. The summed E-state index contributed by atoms with van der Waals surface area (Å²) in [6.45, 7) is 9.36. The Morgan fingerprint density at radius 3 is 2.68 bits per heavy atom. The van der Waals surface area contributed by atoms with Crippen LogP contribution in [0.25, 0.3) is 15.9 Å². The van der Waals surface area contributed by atoms with Crippen LogP contribution in [0.15, 0.2) is 64.3 Å². The summed E-state index contributed by atoms with van der Waals surface area (Å²) >= 11 is 0. The van der Waals surface area contributed by atoms with Crippen LogP contribution in [0.4, 0.5) is 5.82 Å². The van der Waals surface area contributed by atoms with Crippen LogP contribution in [0.2, 0.25) is 0 Å². The van der Waals surface area contributed by atoms with Crippen molar-refractivity contribution in [2.75, 3.05) is 13.1 Å². The van der Waals surface area contributed by atoms with Crippen LogP contribution < -0.4 is 0 Å². The third-order valence-corrected chi connectivity index (χ3v) is 6.85. The van der Waals surface area contributed by atoms with Crippen molar-refractivity contribution in [2.24, 2.45) is 10.9 Å². The molecule has 9 heteroatoms. The number of rotatable bonds is 3. The maximum absolute atomic E-state index is 12.9. The molecule has 0 spiro atoms. The lowest BCUT2D eigenvalue weighted by atomic mass is 9.76. The predicted molar refractivity (Wildman–Crippen MR) is 125 cm³/mol. The number of benzene rings is 2. The number of carbonyl (C=O) groups excluding carboxylic acids is 1. The standard InChI is InChI=1S/C25H21N7O2/c1-26-23-20(17-8-5-9-19-22(17)31-34-30-19)18-14-27-29-24(18)28-21(23)15-10-12-32(13-11-15)25(33)16-6-3-2-4-7-16/h2-9,14-15,20,23H,10-13H2,(H,27,29). The van der Waals surface area contributed by atoms with E-state index < -0.39 is 6.04 Å². The van der Waals surface area contributed by atoms with E-state index >= 15 is 0 Å². The second-order valence-corrected chi connectivity index (χ2v) is 8.67. The largest absolute Gasteiger partial charge is 0.339 e. The van der Waals surface area contributed by atoms with Gasteiger partial charge in [0.15, 0.2) is 5.82 Å². The van der Waals surface area contributed by atoms with Gasteiger partial charge in [-0.15, -0.1) is 0 Å². The van der Waals surface area contributed by atoms with Crippen LogP contribution in [-0.2, 0) is 0 Å². The predicted octanol–water partition coefficient (Wildman–Crippen LogP) is 4.00. The van der Waals surface area contributed by atoms with E-state index in [1.165, 1.54) is 0 Å². The molecule has 9 nitrogen and oxygen atoms in total. The lowest BCUT2D eigenvalue weighted by Gasteiger charge is -2.34. The van der Waals surface area contributed by atoms with E-state index in [0.29, 0.717) is 35.5 Å². The quantitative estimate of drug-likeness (QED) is 0.474. The molecule has 2 aromatic heterocycles. The average molecular weight is 451 g/mol. The molecule has 168 valence electrons. The molecule has 0 radical (unpaired) electrons. The number of hydrogen-bond donors (Lipinski definition) is 1. The van der Waals surface area contributed by atoms with Crippen molar-refractivity contribution in [1.82, 2.24) is 25.4 Å². The van der Waals surface area contributed by atoms with Gasteiger partial charge in [-0.05, 0) is 46.9 Å². The number of aromatic nitrogens is 4. The minimum absolute atomic E-state index is 0.0466. The summed E-state index contributed by atoms with van der Waals surface area (Å²) in [5.41, 5.74) is 4.60. The van der Waals surface area contributed by atoms with E-state index in [4.69, 9.17) is 16.2 Å². The van der Waals surface area contributed by atoms with Crippen LogP contribution in [-0.4, -0.2) is 56.2 Å². The molecule has 6 rings (SSSR count). The summed E-state index contributed by atoms with van der Waals surface area (Å²) in [4.78, 5) is 23.7. The molecule has 2 atom stereocenters. The minimum atomic E-state index is -0.492. The fourth-order valence-electron chi connectivity index (χ4n) is 5.17. The Morgan fingerprint density at radius 2 is 1.88 bits per heavy atom. The third kappa shape index (κ3) is 3.27. The van der Waals surface area contributed by atoms with Gasteiger partial charge in [0.25, 0.3) is 11.9 Å². The number of nitrogens with one attached hydrogen (secondary N) is 1. The first-order valence-corrected chi connectivity index (χ1v) is 11.3. The van der Waals surface area contributed by atoms with Gasteiger partial charge < -0.3 is 9.74 Å². The number of fused-ring (bicyclic) bond motifs is 2. The van der Waals surface area contributed by atoms with Crippen LogP contribution in [0.5, 0.6) is 0 Å². The van der Waals surface area contributed by atoms with Crippen molar-refractivity contribution in [3.05, 3.63) is 82.8 Å². The second-order valence-electron chi connectivity index (χ2n) is 8.67. The molecule has 1 fully saturated rings. The average Bonchev–Trinajstić information content (AvgIpc) is 3.57. The molecular weight excluding hydrogens is 430 g/mol. The normalized spacial score (nSPS) is 20.6. The van der Waals surface area contributed by atoms with Crippen LogP contribution in [0.3, 0.4) is 0 Å². The maximum Gasteiger partial charge on any atom is 0.272 e. The van der Waals surface area contributed by atoms with E-state index in [2.05, 4.69) is 25.4 Å². The lowest BCUT2D eigenvalue weighted by molar-refractivity contribution is 0.0709. The van der Waals surface area contributed by atoms with Crippen LogP contribution in [0, 0.1) is 12.5 Å². The first-order valence-electron chi connectivity index (χ1n) is 11.3. The van der Waals surface area contributed by atoms with Gasteiger partial charge in [-0.2, -0.15) is 5.10 Å².